The summed E-state index contributed by atoms with van der Waals surface area (Å²) in [5.41, 5.74) is 13.6. The van der Waals surface area contributed by atoms with Crippen molar-refractivity contribution in [3.05, 3.63) is 119 Å². The number of amides is 8. The molecule has 4 aromatic carbocycles. The Kier molecular flexibility index (Phi) is 30.0. The second-order valence-electron chi connectivity index (χ2n) is 24.4. The van der Waals surface area contributed by atoms with Crippen molar-refractivity contribution < 1.29 is 91.0 Å². The van der Waals surface area contributed by atoms with Crippen LogP contribution in [0, 0.1) is 37.5 Å². The Morgan fingerprint density at radius 1 is 0.495 bits per heavy atom. The van der Waals surface area contributed by atoms with Crippen LogP contribution in [0.3, 0.4) is 0 Å². The molecule has 9 N–H and O–H groups in total. The van der Waals surface area contributed by atoms with Gasteiger partial charge in [-0.1, -0.05) is 88.4 Å². The molecule has 27 nitrogen and oxygen atoms in total. The smallest absolute Gasteiger partial charge is 0.484 e. The van der Waals surface area contributed by atoms with Crippen molar-refractivity contribution in [3.8, 4) is 23.0 Å². The first-order valence-electron chi connectivity index (χ1n) is 31.6. The molecule has 8 amide bonds. The summed E-state index contributed by atoms with van der Waals surface area (Å²) in [6.07, 6.45) is -1.64. The molecule has 2 heterocycles. The number of carbonyl (C=O) groups is 11. The maximum Gasteiger partial charge on any atom is 0.511 e. The highest BCUT2D eigenvalue weighted by molar-refractivity contribution is 5.92. The number of nitrogens with zero attached hydrogens (tertiary/aromatic N) is 2. The summed E-state index contributed by atoms with van der Waals surface area (Å²) in [7, 11) is 0. The maximum absolute atomic E-state index is 13.6. The quantitative estimate of drug-likeness (QED) is 0.0235. The Labute approximate surface area is 552 Å². The van der Waals surface area contributed by atoms with E-state index in [2.05, 4.69) is 21.3 Å². The Balaban J connectivity index is 0.000000350. The monoisotopic (exact) mass is 1320 g/mol. The van der Waals surface area contributed by atoms with Crippen LogP contribution in [-0.4, -0.2) is 157 Å². The van der Waals surface area contributed by atoms with Gasteiger partial charge in [-0.05, 0) is 137 Å². The van der Waals surface area contributed by atoms with E-state index in [0.717, 1.165) is 11.1 Å². The first kappa shape index (κ1) is 75.8. The number of aliphatic carboxylic acids is 1. The molecule has 4 aromatic rings. The average Bonchev–Trinajstić information content (AvgIpc) is 0.929. The number of nitrogens with two attached hydrogens (primary N) is 2. The van der Waals surface area contributed by atoms with Gasteiger partial charge < -0.3 is 80.8 Å². The molecule has 516 valence electrons. The topological polar surface area (TPSA) is 379 Å². The molecule has 0 radical (unpaired) electrons. The highest BCUT2D eigenvalue weighted by atomic mass is 16.8. The number of piperidine rings is 2. The van der Waals surface area contributed by atoms with Gasteiger partial charge in [-0.3, -0.25) is 28.8 Å². The van der Waals surface area contributed by atoms with Crippen LogP contribution in [0.15, 0.2) is 97.1 Å². The molecule has 0 spiro atoms. The first-order valence-corrected chi connectivity index (χ1v) is 31.6. The van der Waals surface area contributed by atoms with Gasteiger partial charge >= 0.3 is 30.3 Å². The van der Waals surface area contributed by atoms with Crippen LogP contribution >= 0.6 is 0 Å². The molecule has 6 rings (SSSR count). The van der Waals surface area contributed by atoms with Crippen molar-refractivity contribution in [2.24, 2.45) is 35.1 Å². The Bertz CT molecular complexity index is 3250. The minimum absolute atomic E-state index is 0.0103. The van der Waals surface area contributed by atoms with E-state index < -0.39 is 90.5 Å². The summed E-state index contributed by atoms with van der Waals surface area (Å²) in [5.74, 6) is -4.09. The zero-order valence-corrected chi connectivity index (χ0v) is 55.3. The predicted octanol–water partition coefficient (Wildman–Crippen LogP) is 6.19. The van der Waals surface area contributed by atoms with E-state index >= 15 is 0 Å². The summed E-state index contributed by atoms with van der Waals surface area (Å²) >= 11 is 0. The lowest BCUT2D eigenvalue weighted by Gasteiger charge is -2.29. The fraction of sp³-hybridized carbons (Fsp3) is 0.485. The average molecular weight is 1320 g/mol. The summed E-state index contributed by atoms with van der Waals surface area (Å²) in [6.45, 7) is 16.6. The Morgan fingerprint density at radius 3 is 1.23 bits per heavy atom. The van der Waals surface area contributed by atoms with Crippen molar-refractivity contribution in [1.29, 1.82) is 0 Å². The normalized spacial score (nSPS) is 14.8. The molecular formula is C68H90N8O19. The number of carboxylic acids is 1. The Hall–Kier alpha value is -9.95. The lowest BCUT2D eigenvalue weighted by Crippen LogP contribution is -2.54. The van der Waals surface area contributed by atoms with Gasteiger partial charge in [-0.25, -0.2) is 24.0 Å². The second kappa shape index (κ2) is 37.7. The summed E-state index contributed by atoms with van der Waals surface area (Å²) < 4.78 is 37.4. The van der Waals surface area contributed by atoms with Crippen LogP contribution < -0.4 is 51.7 Å². The van der Waals surface area contributed by atoms with E-state index in [-0.39, 0.29) is 79.5 Å². The molecule has 5 atom stereocenters. The molecular weight excluding hydrogens is 1230 g/mol. The number of rotatable bonds is 29. The van der Waals surface area contributed by atoms with E-state index in [0.29, 0.717) is 80.9 Å². The standard InChI is InChI=1S/C37H50N4O11.C31H40N4O8/c1-22(2)19-29(39-32(42)21-48-31-10-8-7-9-24(31)5)34(44)40-30(35(45)50-25(6)51-37(47)49-23(3)4)20-26-11-13-28(14-12-26)52-36(46)41-17-15-27(16-18-41)33(38)43;1-19(2)16-24(33-27(36)18-42-26-7-5-4-6-20(26)3)29(38)34-25(30(39)40)17-21-8-10-23(11-9-21)43-31(41)35-14-12-22(13-15-35)28(32)37/h7-14,22-23,25,27,29-30H,15-21H2,1-6H3,(H2,38,43)(H,39,42)(H,40,44);4-11,19,22,24-25H,12-18H2,1-3H3,(H2,32,37)(H,33,36)(H,34,38)(H,39,40)/t25?,29-,30-;24-,25-/m00/s1. The fourth-order valence-electron chi connectivity index (χ4n) is 10.0. The highest BCUT2D eigenvalue weighted by Gasteiger charge is 2.33. The number of para-hydroxylation sites is 2. The van der Waals surface area contributed by atoms with E-state index in [9.17, 15) is 57.8 Å². The number of ether oxygens (including phenoxy) is 7. The van der Waals surface area contributed by atoms with E-state index in [1.165, 1.54) is 28.9 Å². The van der Waals surface area contributed by atoms with Crippen molar-refractivity contribution >= 4 is 65.7 Å². The molecule has 2 fully saturated rings. The number of aryl methyl sites for hydroxylation is 2. The SMILES string of the molecule is Cc1ccccc1OCC(=O)N[C@@H](CC(C)C)C(=O)N[C@@H](Cc1ccc(OC(=O)N2CCC(C(N)=O)CC2)cc1)C(=O)O.Cc1ccccc1OCC(=O)N[C@@H](CC(C)C)C(=O)N[C@@H](Cc1ccc(OC(=O)N2CCC(C(N)=O)CC2)cc1)C(=O)OC(C)OC(=O)OC(C)C. The van der Waals surface area contributed by atoms with Crippen molar-refractivity contribution in [3.63, 3.8) is 0 Å². The third kappa shape index (κ3) is 26.5. The predicted molar refractivity (Wildman–Crippen MR) is 345 cm³/mol. The number of nitrogens with one attached hydrogen (secondary N) is 4. The highest BCUT2D eigenvalue weighted by Crippen LogP contribution is 2.24. The minimum Gasteiger partial charge on any atom is -0.484 e. The summed E-state index contributed by atoms with van der Waals surface area (Å²) in [4.78, 5) is 141. The van der Waals surface area contributed by atoms with Gasteiger partial charge in [0, 0.05) is 57.8 Å². The van der Waals surface area contributed by atoms with Crippen molar-refractivity contribution in [1.82, 2.24) is 31.1 Å². The molecule has 0 aliphatic carbocycles. The molecule has 2 saturated heterocycles. The number of hydrogen-bond donors (Lipinski definition) is 7. The van der Waals surface area contributed by atoms with Gasteiger partial charge in [0.1, 0.15) is 47.2 Å². The zero-order chi connectivity index (χ0) is 69.9. The third-order valence-electron chi connectivity index (χ3n) is 15.2. The van der Waals surface area contributed by atoms with Crippen LogP contribution in [-0.2, 0) is 65.4 Å². The van der Waals surface area contributed by atoms with Crippen molar-refractivity contribution in [2.75, 3.05) is 39.4 Å². The number of benzene rings is 4. The van der Waals surface area contributed by atoms with Gasteiger partial charge in [0.2, 0.25) is 29.9 Å². The largest absolute Gasteiger partial charge is 0.511 e. The van der Waals surface area contributed by atoms with Crippen LogP contribution in [0.4, 0.5) is 14.4 Å². The Morgan fingerprint density at radius 2 is 0.874 bits per heavy atom. The summed E-state index contributed by atoms with van der Waals surface area (Å²) in [5, 5.41) is 20.4. The van der Waals surface area contributed by atoms with Gasteiger partial charge in [-0.2, -0.15) is 0 Å². The molecule has 2 aliphatic heterocycles. The van der Waals surface area contributed by atoms with Gasteiger partial charge in [0.15, 0.2) is 13.2 Å². The minimum atomic E-state index is -1.35. The number of carbonyl (C=O) groups excluding carboxylic acids is 10. The van der Waals surface area contributed by atoms with Gasteiger partial charge in [0.05, 0.1) is 6.10 Å². The molecule has 95 heavy (non-hydrogen) atoms. The van der Waals surface area contributed by atoms with Crippen LogP contribution in [0.25, 0.3) is 0 Å². The first-order chi connectivity index (χ1) is 45.0. The van der Waals surface area contributed by atoms with E-state index in [1.54, 1.807) is 74.5 Å². The van der Waals surface area contributed by atoms with Crippen LogP contribution in [0.5, 0.6) is 23.0 Å². The third-order valence-corrected chi connectivity index (χ3v) is 15.2. The van der Waals surface area contributed by atoms with Crippen molar-refractivity contribution in [2.45, 2.75) is 150 Å². The molecule has 2 aliphatic rings. The van der Waals surface area contributed by atoms with Crippen LogP contribution in [0.2, 0.25) is 0 Å². The number of hydrogen-bond acceptors (Lipinski definition) is 18. The number of carboxylic acid groups (broad SMARTS) is 1. The fourth-order valence-corrected chi connectivity index (χ4v) is 10.0. The lowest BCUT2D eigenvalue weighted by molar-refractivity contribution is -0.172. The number of likely N-dealkylation sites (tertiary alicyclic amines) is 2. The van der Waals surface area contributed by atoms with Gasteiger partial charge in [0.25, 0.3) is 11.8 Å². The second-order valence-corrected chi connectivity index (χ2v) is 24.4. The maximum atomic E-state index is 13.6. The summed E-state index contributed by atoms with van der Waals surface area (Å²) in [6, 6.07) is 22.5. The number of esters is 1. The van der Waals surface area contributed by atoms with Gasteiger partial charge in [-0.15, -0.1) is 0 Å². The molecule has 0 aromatic heterocycles. The molecule has 27 heteroatoms. The van der Waals surface area contributed by atoms with Crippen LogP contribution in [0.1, 0.15) is 109 Å². The molecule has 0 bridgehead atoms. The van der Waals surface area contributed by atoms with E-state index in [1.807, 2.05) is 65.8 Å². The zero-order valence-electron chi connectivity index (χ0n) is 55.3. The lowest BCUT2D eigenvalue weighted by atomic mass is 9.97. The number of primary amides is 2. The molecule has 0 saturated carbocycles. The van der Waals surface area contributed by atoms with E-state index in [4.69, 9.17) is 44.6 Å². The molecule has 1 unspecified atom stereocenters.